The molecule has 0 aliphatic carbocycles. The van der Waals surface area contributed by atoms with Gasteiger partial charge in [-0.25, -0.2) is 0 Å². The molecule has 1 N–H and O–H groups in total. The summed E-state index contributed by atoms with van der Waals surface area (Å²) < 4.78 is 11.1. The first-order chi connectivity index (χ1) is 9.15. The Morgan fingerprint density at radius 3 is 2.42 bits per heavy atom. The number of ether oxygens (including phenoxy) is 2. The smallest absolute Gasteiger partial charge is 0.0871 e. The second-order valence-electron chi connectivity index (χ2n) is 5.53. The highest BCUT2D eigenvalue weighted by Crippen LogP contribution is 2.38. The first kappa shape index (κ1) is 14.5. The maximum atomic E-state index is 10.6. The Bertz CT molecular complexity index is 369. The summed E-state index contributed by atoms with van der Waals surface area (Å²) in [6.07, 6.45) is 1.35. The third kappa shape index (κ3) is 3.35. The molecule has 1 aromatic rings. The van der Waals surface area contributed by atoms with Gasteiger partial charge in [0.25, 0.3) is 0 Å². The minimum absolute atomic E-state index is 0.141. The van der Waals surface area contributed by atoms with Gasteiger partial charge in [-0.05, 0) is 32.3 Å². The Hall–Kier alpha value is -0.900. The molecule has 106 valence electrons. The van der Waals surface area contributed by atoms with Crippen LogP contribution in [0.5, 0.6) is 0 Å². The number of hydrogen-bond donors (Lipinski definition) is 1. The van der Waals surface area contributed by atoms with Crippen LogP contribution in [0.1, 0.15) is 32.3 Å². The van der Waals surface area contributed by atoms with Gasteiger partial charge in [0, 0.05) is 18.6 Å². The van der Waals surface area contributed by atoms with Gasteiger partial charge in [-0.3, -0.25) is 0 Å². The van der Waals surface area contributed by atoms with Crippen LogP contribution in [0, 0.1) is 0 Å². The molecule has 1 atom stereocenters. The molecular weight excluding hydrogens is 240 g/mol. The fourth-order valence-electron chi connectivity index (χ4n) is 2.76. The number of aliphatic hydroxyl groups is 1. The van der Waals surface area contributed by atoms with E-state index in [1.807, 2.05) is 32.0 Å². The van der Waals surface area contributed by atoms with E-state index in [9.17, 15) is 5.11 Å². The van der Waals surface area contributed by atoms with Crippen LogP contribution < -0.4 is 0 Å². The van der Waals surface area contributed by atoms with E-state index < -0.39 is 6.10 Å². The largest absolute Gasteiger partial charge is 0.390 e. The minimum atomic E-state index is -0.485. The predicted octanol–water partition coefficient (Wildman–Crippen LogP) is 2.52. The zero-order valence-electron chi connectivity index (χ0n) is 11.8. The lowest BCUT2D eigenvalue weighted by Crippen LogP contribution is -2.46. The molecule has 1 fully saturated rings. The van der Waals surface area contributed by atoms with E-state index in [1.54, 1.807) is 0 Å². The van der Waals surface area contributed by atoms with Crippen LogP contribution in [-0.2, 0) is 14.9 Å². The Balaban J connectivity index is 2.19. The average molecular weight is 264 g/mol. The first-order valence-corrected chi connectivity index (χ1v) is 7.08. The van der Waals surface area contributed by atoms with E-state index in [4.69, 9.17) is 9.47 Å². The number of benzene rings is 1. The summed E-state index contributed by atoms with van der Waals surface area (Å²) in [5.74, 6) is 0. The van der Waals surface area contributed by atoms with Crippen molar-refractivity contribution in [2.75, 3.05) is 19.8 Å². The van der Waals surface area contributed by atoms with Crippen LogP contribution in [0.4, 0.5) is 0 Å². The summed E-state index contributed by atoms with van der Waals surface area (Å²) in [6, 6.07) is 10.3. The third-order valence-corrected chi connectivity index (χ3v) is 3.96. The molecule has 3 heteroatoms. The fraction of sp³-hybridized carbons (Fsp3) is 0.625. The monoisotopic (exact) mass is 264 g/mol. The molecule has 0 bridgehead atoms. The Labute approximate surface area is 115 Å². The van der Waals surface area contributed by atoms with E-state index in [0.717, 1.165) is 12.8 Å². The Morgan fingerprint density at radius 1 is 1.21 bits per heavy atom. The van der Waals surface area contributed by atoms with Crippen molar-refractivity contribution in [3.05, 3.63) is 35.9 Å². The minimum Gasteiger partial charge on any atom is -0.390 e. The molecule has 3 nitrogen and oxygen atoms in total. The maximum absolute atomic E-state index is 10.6. The molecule has 2 rings (SSSR count). The molecule has 19 heavy (non-hydrogen) atoms. The normalized spacial score (nSPS) is 20.4. The van der Waals surface area contributed by atoms with Crippen LogP contribution in [0.2, 0.25) is 0 Å². The highest BCUT2D eigenvalue weighted by molar-refractivity contribution is 5.27. The Kier molecular flexibility index (Phi) is 4.97. The lowest BCUT2D eigenvalue weighted by molar-refractivity contribution is -0.0652. The van der Waals surface area contributed by atoms with Gasteiger partial charge in [0.05, 0.1) is 18.8 Å². The number of rotatable bonds is 5. The van der Waals surface area contributed by atoms with Crippen LogP contribution in [0.15, 0.2) is 30.3 Å². The number of aliphatic hydroxyl groups excluding tert-OH is 1. The quantitative estimate of drug-likeness (QED) is 0.888. The lowest BCUT2D eigenvalue weighted by atomic mass is 9.70. The van der Waals surface area contributed by atoms with Crippen molar-refractivity contribution in [2.45, 2.75) is 44.3 Å². The van der Waals surface area contributed by atoms with Crippen molar-refractivity contribution in [3.63, 3.8) is 0 Å². The molecule has 0 radical (unpaired) electrons. The van der Waals surface area contributed by atoms with Crippen molar-refractivity contribution < 1.29 is 14.6 Å². The second kappa shape index (κ2) is 6.51. The van der Waals surface area contributed by atoms with E-state index in [1.165, 1.54) is 5.56 Å². The molecule has 0 saturated carbocycles. The van der Waals surface area contributed by atoms with Gasteiger partial charge in [0.2, 0.25) is 0 Å². The molecule has 1 unspecified atom stereocenters. The van der Waals surface area contributed by atoms with E-state index in [-0.39, 0.29) is 11.5 Å². The van der Waals surface area contributed by atoms with Crippen molar-refractivity contribution >= 4 is 0 Å². The van der Waals surface area contributed by atoms with Crippen LogP contribution >= 0.6 is 0 Å². The summed E-state index contributed by atoms with van der Waals surface area (Å²) in [5, 5.41) is 10.6. The summed E-state index contributed by atoms with van der Waals surface area (Å²) in [5.41, 5.74) is 0.965. The highest BCUT2D eigenvalue weighted by atomic mass is 16.5. The van der Waals surface area contributed by atoms with Crippen molar-refractivity contribution in [3.8, 4) is 0 Å². The van der Waals surface area contributed by atoms with Crippen molar-refractivity contribution in [2.24, 2.45) is 0 Å². The molecule has 1 aliphatic heterocycles. The van der Waals surface area contributed by atoms with Crippen molar-refractivity contribution in [1.29, 1.82) is 0 Å². The van der Waals surface area contributed by atoms with Crippen LogP contribution in [-0.4, -0.2) is 37.1 Å². The van der Waals surface area contributed by atoms with E-state index in [0.29, 0.717) is 19.8 Å². The fourth-order valence-corrected chi connectivity index (χ4v) is 2.76. The molecule has 1 aliphatic rings. The van der Waals surface area contributed by atoms with Gasteiger partial charge >= 0.3 is 0 Å². The summed E-state index contributed by atoms with van der Waals surface area (Å²) in [6.45, 7) is 5.77. The second-order valence-corrected chi connectivity index (χ2v) is 5.53. The van der Waals surface area contributed by atoms with Crippen LogP contribution in [0.3, 0.4) is 0 Å². The molecule has 0 amide bonds. The molecule has 0 aromatic heterocycles. The van der Waals surface area contributed by atoms with Gasteiger partial charge in [-0.1, -0.05) is 30.3 Å². The first-order valence-electron chi connectivity index (χ1n) is 7.08. The molecular formula is C16H24O3. The van der Waals surface area contributed by atoms with Crippen molar-refractivity contribution in [1.82, 2.24) is 0 Å². The van der Waals surface area contributed by atoms with E-state index in [2.05, 4.69) is 12.1 Å². The molecule has 1 saturated heterocycles. The lowest BCUT2D eigenvalue weighted by Gasteiger charge is -2.41. The summed E-state index contributed by atoms with van der Waals surface area (Å²) in [7, 11) is 0. The van der Waals surface area contributed by atoms with E-state index >= 15 is 0 Å². The SMILES string of the molecule is CC(C)OCC(O)C1(c2ccccc2)CCOCC1. The summed E-state index contributed by atoms with van der Waals surface area (Å²) >= 11 is 0. The highest BCUT2D eigenvalue weighted by Gasteiger charge is 2.41. The molecule has 0 spiro atoms. The topological polar surface area (TPSA) is 38.7 Å². The maximum Gasteiger partial charge on any atom is 0.0871 e. The van der Waals surface area contributed by atoms with Gasteiger partial charge in [-0.2, -0.15) is 0 Å². The zero-order valence-corrected chi connectivity index (χ0v) is 11.8. The van der Waals surface area contributed by atoms with Gasteiger partial charge in [0.1, 0.15) is 0 Å². The van der Waals surface area contributed by atoms with Crippen LogP contribution in [0.25, 0.3) is 0 Å². The average Bonchev–Trinajstić information content (AvgIpc) is 2.46. The predicted molar refractivity (Wildman–Crippen MR) is 75.3 cm³/mol. The number of hydrogen-bond acceptors (Lipinski definition) is 3. The summed E-state index contributed by atoms with van der Waals surface area (Å²) in [4.78, 5) is 0. The third-order valence-electron chi connectivity index (χ3n) is 3.96. The Morgan fingerprint density at radius 2 is 1.84 bits per heavy atom. The van der Waals surface area contributed by atoms with Gasteiger partial charge in [0.15, 0.2) is 0 Å². The van der Waals surface area contributed by atoms with Gasteiger partial charge < -0.3 is 14.6 Å². The zero-order chi connectivity index (χ0) is 13.7. The standard InChI is InChI=1S/C16H24O3/c1-13(2)19-12-15(17)16(8-10-18-11-9-16)14-6-4-3-5-7-14/h3-7,13,15,17H,8-12H2,1-2H3. The molecule has 1 heterocycles. The molecule has 1 aromatic carbocycles. The van der Waals surface area contributed by atoms with Gasteiger partial charge in [-0.15, -0.1) is 0 Å².